The lowest BCUT2D eigenvalue weighted by Gasteiger charge is -2.29. The number of hydrogen-bond acceptors (Lipinski definition) is 4. The smallest absolute Gasteiger partial charge is 0.136 e. The summed E-state index contributed by atoms with van der Waals surface area (Å²) in [6.45, 7) is 8.42. The van der Waals surface area contributed by atoms with Crippen LogP contribution >= 0.6 is 0 Å². The normalized spacial score (nSPS) is 15.8. The topological polar surface area (TPSA) is 40.2 Å². The van der Waals surface area contributed by atoms with E-state index in [0.29, 0.717) is 6.04 Å². The van der Waals surface area contributed by atoms with Crippen LogP contribution in [0.4, 0.5) is 11.5 Å². The zero-order chi connectivity index (χ0) is 13.9. The Morgan fingerprint density at radius 2 is 2.00 bits per heavy atom. The van der Waals surface area contributed by atoms with Crippen LogP contribution < -0.4 is 15.5 Å². The van der Waals surface area contributed by atoms with E-state index in [-0.39, 0.29) is 0 Å². The molecule has 2 N–H and O–H groups in total. The van der Waals surface area contributed by atoms with Crippen molar-refractivity contribution >= 4 is 22.3 Å². The van der Waals surface area contributed by atoms with Crippen LogP contribution in [-0.2, 0) is 0 Å². The molecule has 0 bridgehead atoms. The van der Waals surface area contributed by atoms with Crippen LogP contribution in [0.5, 0.6) is 0 Å². The fourth-order valence-electron chi connectivity index (χ4n) is 2.70. The van der Waals surface area contributed by atoms with Crippen LogP contribution in [0.1, 0.15) is 13.8 Å². The fourth-order valence-corrected chi connectivity index (χ4v) is 2.70. The van der Waals surface area contributed by atoms with Gasteiger partial charge in [-0.3, -0.25) is 0 Å². The second kappa shape index (κ2) is 5.67. The molecule has 0 amide bonds. The minimum absolute atomic E-state index is 0.437. The summed E-state index contributed by atoms with van der Waals surface area (Å²) < 4.78 is 0. The van der Waals surface area contributed by atoms with Gasteiger partial charge >= 0.3 is 0 Å². The molecule has 0 radical (unpaired) electrons. The van der Waals surface area contributed by atoms with Gasteiger partial charge in [-0.25, -0.2) is 4.98 Å². The summed E-state index contributed by atoms with van der Waals surface area (Å²) in [5.74, 6) is 1.11. The summed E-state index contributed by atoms with van der Waals surface area (Å²) >= 11 is 0. The number of piperazine rings is 1. The summed E-state index contributed by atoms with van der Waals surface area (Å²) in [5, 5.41) is 9.35. The first-order valence-electron chi connectivity index (χ1n) is 7.35. The molecule has 1 aromatic carbocycles. The van der Waals surface area contributed by atoms with E-state index in [2.05, 4.69) is 58.6 Å². The first kappa shape index (κ1) is 13.2. The number of nitrogens with one attached hydrogen (secondary N) is 2. The van der Waals surface area contributed by atoms with Gasteiger partial charge in [-0.05, 0) is 37.4 Å². The van der Waals surface area contributed by atoms with E-state index in [1.807, 2.05) is 6.20 Å². The van der Waals surface area contributed by atoms with Crippen molar-refractivity contribution in [1.29, 1.82) is 0 Å². The monoisotopic (exact) mass is 270 g/mol. The first-order chi connectivity index (χ1) is 9.74. The van der Waals surface area contributed by atoms with Crippen LogP contribution in [-0.4, -0.2) is 37.2 Å². The minimum Gasteiger partial charge on any atom is -0.383 e. The Morgan fingerprint density at radius 1 is 1.20 bits per heavy atom. The maximum atomic E-state index is 4.62. The molecule has 0 atom stereocenters. The van der Waals surface area contributed by atoms with Gasteiger partial charge in [0.15, 0.2) is 0 Å². The van der Waals surface area contributed by atoms with Crippen molar-refractivity contribution < 1.29 is 0 Å². The number of rotatable bonds is 3. The maximum absolute atomic E-state index is 4.62. The van der Waals surface area contributed by atoms with Gasteiger partial charge in [-0.15, -0.1) is 0 Å². The van der Waals surface area contributed by atoms with Crippen LogP contribution in [0, 0.1) is 0 Å². The Morgan fingerprint density at radius 3 is 2.75 bits per heavy atom. The molecule has 1 aromatic heterocycles. The van der Waals surface area contributed by atoms with Crippen molar-refractivity contribution in [2.45, 2.75) is 19.9 Å². The Hall–Kier alpha value is -1.81. The Kier molecular flexibility index (Phi) is 3.74. The number of fused-ring (bicyclic) bond motifs is 1. The third-order valence-corrected chi connectivity index (χ3v) is 3.62. The van der Waals surface area contributed by atoms with E-state index in [0.717, 1.165) is 37.7 Å². The molecule has 1 aliphatic heterocycles. The first-order valence-corrected chi connectivity index (χ1v) is 7.35. The van der Waals surface area contributed by atoms with E-state index < -0.39 is 0 Å². The van der Waals surface area contributed by atoms with E-state index in [4.69, 9.17) is 0 Å². The molecule has 1 aliphatic rings. The molecule has 4 heteroatoms. The minimum atomic E-state index is 0.437. The number of nitrogens with zero attached hydrogens (tertiary/aromatic N) is 2. The summed E-state index contributed by atoms with van der Waals surface area (Å²) in [6, 6.07) is 9.06. The summed E-state index contributed by atoms with van der Waals surface area (Å²) in [4.78, 5) is 6.99. The van der Waals surface area contributed by atoms with Gasteiger partial charge in [-0.2, -0.15) is 0 Å². The highest BCUT2D eigenvalue weighted by Crippen LogP contribution is 2.27. The quantitative estimate of drug-likeness (QED) is 0.899. The third kappa shape index (κ3) is 2.70. The van der Waals surface area contributed by atoms with Crippen LogP contribution in [0.25, 0.3) is 10.8 Å². The van der Waals surface area contributed by atoms with Crippen molar-refractivity contribution in [1.82, 2.24) is 10.3 Å². The van der Waals surface area contributed by atoms with E-state index in [9.17, 15) is 0 Å². The molecule has 0 spiro atoms. The zero-order valence-electron chi connectivity index (χ0n) is 12.2. The second-order valence-corrected chi connectivity index (χ2v) is 5.61. The van der Waals surface area contributed by atoms with Gasteiger partial charge in [-0.1, -0.05) is 6.07 Å². The molecular weight excluding hydrogens is 248 g/mol. The second-order valence-electron chi connectivity index (χ2n) is 5.61. The average Bonchev–Trinajstić information content (AvgIpc) is 2.47. The van der Waals surface area contributed by atoms with Crippen LogP contribution in [0.2, 0.25) is 0 Å². The van der Waals surface area contributed by atoms with E-state index >= 15 is 0 Å². The number of benzene rings is 1. The van der Waals surface area contributed by atoms with Gasteiger partial charge in [0.05, 0.1) is 0 Å². The van der Waals surface area contributed by atoms with Gasteiger partial charge in [0.25, 0.3) is 0 Å². The Bertz CT molecular complexity index is 588. The van der Waals surface area contributed by atoms with E-state index in [1.165, 1.54) is 10.8 Å². The maximum Gasteiger partial charge on any atom is 0.136 e. The summed E-state index contributed by atoms with van der Waals surface area (Å²) in [5.41, 5.74) is 1.16. The summed E-state index contributed by atoms with van der Waals surface area (Å²) in [6.07, 6.45) is 1.91. The van der Waals surface area contributed by atoms with Crippen molar-refractivity contribution in [2.24, 2.45) is 0 Å². The molecule has 1 saturated heterocycles. The molecule has 0 unspecified atom stereocenters. The molecule has 0 saturated carbocycles. The van der Waals surface area contributed by atoms with Gasteiger partial charge < -0.3 is 15.5 Å². The van der Waals surface area contributed by atoms with Gasteiger partial charge in [0.2, 0.25) is 0 Å². The van der Waals surface area contributed by atoms with E-state index in [1.54, 1.807) is 0 Å². The standard InChI is InChI=1S/C16H22N4/c1-12(2)19-14-4-3-13-5-6-18-16(15(13)11-14)20-9-7-17-8-10-20/h3-6,11-12,17,19H,7-10H2,1-2H3. The number of aromatic nitrogens is 1. The molecule has 3 rings (SSSR count). The SMILES string of the molecule is CC(C)Nc1ccc2ccnc(N3CCNCC3)c2c1. The fraction of sp³-hybridized carbons (Fsp3) is 0.438. The molecule has 20 heavy (non-hydrogen) atoms. The Labute approximate surface area is 120 Å². The lowest BCUT2D eigenvalue weighted by Crippen LogP contribution is -2.43. The van der Waals surface area contributed by atoms with Crippen molar-refractivity contribution in [2.75, 3.05) is 36.4 Å². The molecular formula is C16H22N4. The highest BCUT2D eigenvalue weighted by Gasteiger charge is 2.14. The molecule has 1 fully saturated rings. The molecule has 4 nitrogen and oxygen atoms in total. The number of hydrogen-bond donors (Lipinski definition) is 2. The lowest BCUT2D eigenvalue weighted by atomic mass is 10.1. The summed E-state index contributed by atoms with van der Waals surface area (Å²) in [7, 11) is 0. The number of anilines is 2. The lowest BCUT2D eigenvalue weighted by molar-refractivity contribution is 0.586. The largest absolute Gasteiger partial charge is 0.383 e. The van der Waals surface area contributed by atoms with Gasteiger partial charge in [0.1, 0.15) is 5.82 Å². The van der Waals surface area contributed by atoms with Crippen LogP contribution in [0.15, 0.2) is 30.5 Å². The predicted molar refractivity (Wildman–Crippen MR) is 85.6 cm³/mol. The third-order valence-electron chi connectivity index (χ3n) is 3.62. The van der Waals surface area contributed by atoms with Crippen LogP contribution in [0.3, 0.4) is 0 Å². The molecule has 2 aromatic rings. The Balaban J connectivity index is 2.01. The average molecular weight is 270 g/mol. The zero-order valence-corrected chi connectivity index (χ0v) is 12.2. The highest BCUT2D eigenvalue weighted by atomic mass is 15.2. The molecule has 106 valence electrons. The van der Waals surface area contributed by atoms with Gasteiger partial charge in [0, 0.05) is 49.5 Å². The van der Waals surface area contributed by atoms with Crippen molar-refractivity contribution in [3.63, 3.8) is 0 Å². The van der Waals surface area contributed by atoms with Crippen molar-refractivity contribution in [3.8, 4) is 0 Å². The molecule has 0 aliphatic carbocycles. The number of pyridine rings is 1. The molecule has 2 heterocycles. The predicted octanol–water partition coefficient (Wildman–Crippen LogP) is 2.46. The highest BCUT2D eigenvalue weighted by molar-refractivity contribution is 5.94. The van der Waals surface area contributed by atoms with Crippen molar-refractivity contribution in [3.05, 3.63) is 30.5 Å².